The van der Waals surface area contributed by atoms with Crippen LogP contribution in [0.15, 0.2) is 36.4 Å². The zero-order valence-corrected chi connectivity index (χ0v) is 12.6. The lowest BCUT2D eigenvalue weighted by Crippen LogP contribution is -2.44. The Labute approximate surface area is 121 Å². The van der Waals surface area contributed by atoms with Crippen molar-refractivity contribution in [2.45, 2.75) is 39.7 Å². The van der Waals surface area contributed by atoms with Crippen molar-refractivity contribution in [3.63, 3.8) is 0 Å². The molecule has 0 aliphatic carbocycles. The highest BCUT2D eigenvalue weighted by molar-refractivity contribution is 5.67. The molecular weight excluding hydrogens is 248 g/mol. The summed E-state index contributed by atoms with van der Waals surface area (Å²) in [6.07, 6.45) is 9.68. The van der Waals surface area contributed by atoms with E-state index in [1.807, 2.05) is 63.3 Å². The molecule has 0 aliphatic rings. The van der Waals surface area contributed by atoms with Gasteiger partial charge < -0.3 is 4.74 Å². The summed E-state index contributed by atoms with van der Waals surface area (Å²) < 4.78 is 5.60. The Kier molecular flexibility index (Phi) is 5.16. The first-order valence-corrected chi connectivity index (χ1v) is 6.68. The molecule has 0 fully saturated rings. The minimum atomic E-state index is -0.802. The van der Waals surface area contributed by atoms with Gasteiger partial charge in [0.2, 0.25) is 0 Å². The molecule has 0 saturated heterocycles. The van der Waals surface area contributed by atoms with Crippen molar-refractivity contribution in [3.05, 3.63) is 42.0 Å². The second-order valence-electron chi connectivity index (χ2n) is 5.86. The highest BCUT2D eigenvalue weighted by Crippen LogP contribution is 2.38. The van der Waals surface area contributed by atoms with Crippen LogP contribution >= 0.6 is 0 Å². The van der Waals surface area contributed by atoms with Crippen molar-refractivity contribution in [1.82, 2.24) is 0 Å². The molecule has 1 aromatic carbocycles. The van der Waals surface area contributed by atoms with E-state index in [4.69, 9.17) is 11.2 Å². The van der Waals surface area contributed by atoms with Crippen LogP contribution in [0, 0.1) is 17.8 Å². The number of rotatable bonds is 4. The molecule has 0 bridgehead atoms. The Morgan fingerprint density at radius 2 is 1.90 bits per heavy atom. The van der Waals surface area contributed by atoms with Crippen molar-refractivity contribution >= 4 is 12.0 Å². The van der Waals surface area contributed by atoms with E-state index in [0.717, 1.165) is 5.56 Å². The molecule has 0 aliphatic heterocycles. The predicted octanol–water partition coefficient (Wildman–Crippen LogP) is 4.07. The second-order valence-corrected chi connectivity index (χ2v) is 5.86. The summed E-state index contributed by atoms with van der Waals surface area (Å²) in [7, 11) is 0. The normalized spacial score (nSPS) is 14.6. The van der Waals surface area contributed by atoms with Crippen molar-refractivity contribution in [2.75, 3.05) is 0 Å². The predicted molar refractivity (Wildman–Crippen MR) is 82.9 cm³/mol. The minimum absolute atomic E-state index is 0.295. The molecule has 0 radical (unpaired) electrons. The summed E-state index contributed by atoms with van der Waals surface area (Å²) in [5.41, 5.74) is -0.0509. The molecule has 2 nitrogen and oxygen atoms in total. The molecule has 106 valence electrons. The molecule has 0 spiro atoms. The van der Waals surface area contributed by atoms with E-state index >= 15 is 0 Å². The maximum absolute atomic E-state index is 11.5. The number of hydrogen-bond acceptors (Lipinski definition) is 2. The number of ether oxygens (including phenoxy) is 1. The van der Waals surface area contributed by atoms with Gasteiger partial charge in [-0.05, 0) is 11.6 Å². The summed E-state index contributed by atoms with van der Waals surface area (Å²) in [4.78, 5) is 11.5. The highest BCUT2D eigenvalue weighted by atomic mass is 16.6. The van der Waals surface area contributed by atoms with Crippen LogP contribution in [0.5, 0.6) is 0 Å². The molecule has 0 N–H and O–H groups in total. The number of hydrogen-bond donors (Lipinski definition) is 0. The smallest absolute Gasteiger partial charge is 0.303 e. The first kappa shape index (κ1) is 16.0. The molecule has 2 heteroatoms. The Morgan fingerprint density at radius 1 is 1.30 bits per heavy atom. The van der Waals surface area contributed by atoms with E-state index in [-0.39, 0.29) is 11.4 Å². The zero-order chi connectivity index (χ0) is 15.2. The van der Waals surface area contributed by atoms with Crippen LogP contribution in [0.1, 0.15) is 39.7 Å². The minimum Gasteiger partial charge on any atom is -0.453 e. The summed E-state index contributed by atoms with van der Waals surface area (Å²) >= 11 is 0. The van der Waals surface area contributed by atoms with Gasteiger partial charge >= 0.3 is 5.97 Å². The summed E-state index contributed by atoms with van der Waals surface area (Å²) in [5.74, 6) is 2.30. The lowest BCUT2D eigenvalue weighted by atomic mass is 9.74. The van der Waals surface area contributed by atoms with Gasteiger partial charge in [-0.2, -0.15) is 0 Å². The highest BCUT2D eigenvalue weighted by Gasteiger charge is 2.42. The lowest BCUT2D eigenvalue weighted by Gasteiger charge is -2.40. The fourth-order valence-corrected chi connectivity index (χ4v) is 2.00. The van der Waals surface area contributed by atoms with Gasteiger partial charge in [-0.25, -0.2) is 0 Å². The average molecular weight is 270 g/mol. The quantitative estimate of drug-likeness (QED) is 0.609. The van der Waals surface area contributed by atoms with E-state index in [1.165, 1.54) is 6.92 Å². The van der Waals surface area contributed by atoms with E-state index in [0.29, 0.717) is 6.42 Å². The van der Waals surface area contributed by atoms with E-state index in [9.17, 15) is 4.79 Å². The Balaban J connectivity index is 3.19. The van der Waals surface area contributed by atoms with Crippen LogP contribution in [0.25, 0.3) is 6.08 Å². The van der Waals surface area contributed by atoms with Crippen LogP contribution in [0.2, 0.25) is 0 Å². The first-order valence-electron chi connectivity index (χ1n) is 6.68. The Morgan fingerprint density at radius 3 is 2.35 bits per heavy atom. The molecule has 1 unspecified atom stereocenters. The second kappa shape index (κ2) is 6.43. The molecule has 0 amide bonds. The van der Waals surface area contributed by atoms with Crippen molar-refractivity contribution in [3.8, 4) is 12.3 Å². The largest absolute Gasteiger partial charge is 0.453 e. The van der Waals surface area contributed by atoms with Crippen molar-refractivity contribution in [1.29, 1.82) is 0 Å². The average Bonchev–Trinajstić information content (AvgIpc) is 2.35. The molecule has 1 aromatic rings. The van der Waals surface area contributed by atoms with Gasteiger partial charge in [-0.1, -0.05) is 57.2 Å². The third kappa shape index (κ3) is 3.99. The number of benzene rings is 1. The Bertz CT molecular complexity index is 515. The monoisotopic (exact) mass is 270 g/mol. The van der Waals surface area contributed by atoms with Gasteiger partial charge in [0.15, 0.2) is 0 Å². The standard InChI is InChI=1S/C18H22O2/c1-6-13-18(17(3,4)5,20-15(2)19)14-12-16-10-8-7-9-11-16/h1,7-12,14H,13H2,2-5H3/b14-12+. The molecule has 20 heavy (non-hydrogen) atoms. The van der Waals surface area contributed by atoms with Gasteiger partial charge in [0.25, 0.3) is 0 Å². The van der Waals surface area contributed by atoms with Gasteiger partial charge in [0, 0.05) is 12.3 Å². The maximum atomic E-state index is 11.5. The SMILES string of the molecule is C#CCC(/C=C/c1ccccc1)(OC(C)=O)C(C)(C)C. The van der Waals surface area contributed by atoms with Gasteiger partial charge in [-0.3, -0.25) is 4.79 Å². The third-order valence-corrected chi connectivity index (χ3v) is 3.30. The van der Waals surface area contributed by atoms with Gasteiger partial charge in [-0.15, -0.1) is 12.3 Å². The maximum Gasteiger partial charge on any atom is 0.303 e. The van der Waals surface area contributed by atoms with Crippen molar-refractivity contribution < 1.29 is 9.53 Å². The van der Waals surface area contributed by atoms with E-state index in [1.54, 1.807) is 0 Å². The molecular formula is C18H22O2. The van der Waals surface area contributed by atoms with Gasteiger partial charge in [0.1, 0.15) is 5.60 Å². The van der Waals surface area contributed by atoms with E-state index < -0.39 is 5.60 Å². The third-order valence-electron chi connectivity index (χ3n) is 3.30. The zero-order valence-electron chi connectivity index (χ0n) is 12.6. The molecule has 0 saturated carbocycles. The number of carbonyl (C=O) groups excluding carboxylic acids is 1. The molecule has 0 aromatic heterocycles. The number of terminal acetylenes is 1. The van der Waals surface area contributed by atoms with Crippen LogP contribution in [-0.4, -0.2) is 11.6 Å². The number of esters is 1. The van der Waals surface area contributed by atoms with Crippen LogP contribution < -0.4 is 0 Å². The summed E-state index contributed by atoms with van der Waals surface area (Å²) in [6, 6.07) is 9.87. The molecule has 1 rings (SSSR count). The van der Waals surface area contributed by atoms with Crippen LogP contribution in [0.3, 0.4) is 0 Å². The number of carbonyl (C=O) groups is 1. The van der Waals surface area contributed by atoms with Crippen molar-refractivity contribution in [2.24, 2.45) is 5.41 Å². The van der Waals surface area contributed by atoms with Crippen LogP contribution in [0.4, 0.5) is 0 Å². The summed E-state index contributed by atoms with van der Waals surface area (Å²) in [6.45, 7) is 7.46. The van der Waals surface area contributed by atoms with Gasteiger partial charge in [0.05, 0.1) is 6.42 Å². The topological polar surface area (TPSA) is 26.3 Å². The Hall–Kier alpha value is -2.01. The van der Waals surface area contributed by atoms with Crippen LogP contribution in [-0.2, 0) is 9.53 Å². The fourth-order valence-electron chi connectivity index (χ4n) is 2.00. The molecule has 1 atom stereocenters. The fraction of sp³-hybridized carbons (Fsp3) is 0.389. The molecule has 0 heterocycles. The summed E-state index contributed by atoms with van der Waals surface area (Å²) in [5, 5.41) is 0. The lowest BCUT2D eigenvalue weighted by molar-refractivity contribution is -0.161. The first-order chi connectivity index (χ1) is 9.31. The van der Waals surface area contributed by atoms with E-state index in [2.05, 4.69) is 5.92 Å².